The minimum Gasteiger partial charge on any atom is -0.378 e. The predicted molar refractivity (Wildman–Crippen MR) is 111 cm³/mol. The number of carbonyl (C=O) groups is 3. The van der Waals surface area contributed by atoms with Crippen molar-refractivity contribution in [2.75, 3.05) is 45.9 Å². The average molecular weight is 466 g/mol. The van der Waals surface area contributed by atoms with Gasteiger partial charge in [0, 0.05) is 32.6 Å². The van der Waals surface area contributed by atoms with E-state index in [2.05, 4.69) is 5.32 Å². The zero-order valence-electron chi connectivity index (χ0n) is 18.2. The normalized spacial score (nSPS) is 21.5. The third-order valence-corrected chi connectivity index (χ3v) is 6.14. The molecule has 4 amide bonds. The molecule has 1 atom stereocenters. The number of hydrogen-bond donors (Lipinski definition) is 1. The lowest BCUT2D eigenvalue weighted by atomic mass is 9.94. The van der Waals surface area contributed by atoms with Crippen molar-refractivity contribution in [1.82, 2.24) is 20.0 Å². The molecule has 3 heterocycles. The molecule has 0 unspecified atom stereocenters. The second-order valence-electron chi connectivity index (χ2n) is 8.08. The van der Waals surface area contributed by atoms with Gasteiger partial charge in [-0.3, -0.25) is 14.5 Å². The Hall–Kier alpha value is -3.08. The van der Waals surface area contributed by atoms with Crippen LogP contribution in [0.2, 0.25) is 0 Å². The van der Waals surface area contributed by atoms with E-state index < -0.39 is 23.8 Å². The van der Waals surface area contributed by atoms with Gasteiger partial charge in [-0.15, -0.1) is 0 Å². The predicted octanol–water partition coefficient (Wildman–Crippen LogP) is 2.14. The second kappa shape index (κ2) is 9.05. The lowest BCUT2D eigenvalue weighted by Gasteiger charge is -2.33. The molecule has 0 spiro atoms. The fourth-order valence-corrected chi connectivity index (χ4v) is 4.38. The molecule has 8 nitrogen and oxygen atoms in total. The number of carbonyl (C=O) groups excluding carboxylic acids is 3. The molecule has 0 radical (unpaired) electrons. The monoisotopic (exact) mass is 466 g/mol. The van der Waals surface area contributed by atoms with Gasteiger partial charge in [0.2, 0.25) is 5.91 Å². The minimum atomic E-state index is -4.48. The van der Waals surface area contributed by atoms with Crippen molar-refractivity contribution in [1.29, 1.82) is 0 Å². The number of nitrogens with zero attached hydrogens (tertiary/aromatic N) is 3. The fraction of sp³-hybridized carbons (Fsp3) is 0.500. The van der Waals surface area contributed by atoms with Gasteiger partial charge in [-0.05, 0) is 24.6 Å². The molecular formula is C22H25F3N4O4. The topological polar surface area (TPSA) is 82.2 Å². The van der Waals surface area contributed by atoms with Crippen LogP contribution in [0.3, 0.4) is 0 Å². The number of morpholine rings is 1. The number of ether oxygens (including phenoxy) is 1. The minimum absolute atomic E-state index is 0.0724. The van der Waals surface area contributed by atoms with Crippen LogP contribution in [0.25, 0.3) is 0 Å². The molecular weight excluding hydrogens is 441 g/mol. The molecule has 1 saturated heterocycles. The molecule has 178 valence electrons. The fourth-order valence-electron chi connectivity index (χ4n) is 4.38. The van der Waals surface area contributed by atoms with Crippen LogP contribution < -0.4 is 5.32 Å². The zero-order valence-corrected chi connectivity index (χ0v) is 18.2. The van der Waals surface area contributed by atoms with Gasteiger partial charge in [0.1, 0.15) is 0 Å². The van der Waals surface area contributed by atoms with Crippen LogP contribution in [0.1, 0.15) is 30.5 Å². The molecule has 0 bridgehead atoms. The van der Waals surface area contributed by atoms with Crippen molar-refractivity contribution in [2.24, 2.45) is 0 Å². The Balaban J connectivity index is 1.53. The van der Waals surface area contributed by atoms with Crippen molar-refractivity contribution in [3.05, 3.63) is 46.7 Å². The number of hydrogen-bond acceptors (Lipinski definition) is 4. The number of benzene rings is 1. The third-order valence-electron chi connectivity index (χ3n) is 6.14. The number of rotatable bonds is 5. The van der Waals surface area contributed by atoms with E-state index >= 15 is 0 Å². The summed E-state index contributed by atoms with van der Waals surface area (Å²) < 4.78 is 44.1. The molecule has 1 aromatic carbocycles. The lowest BCUT2D eigenvalue weighted by molar-refractivity contribution is -0.138. The molecule has 0 saturated carbocycles. The van der Waals surface area contributed by atoms with Crippen LogP contribution >= 0.6 is 0 Å². The van der Waals surface area contributed by atoms with Crippen LogP contribution in [0.15, 0.2) is 35.5 Å². The van der Waals surface area contributed by atoms with Crippen LogP contribution in [0.4, 0.5) is 18.0 Å². The second-order valence-corrected chi connectivity index (χ2v) is 8.08. The standard InChI is InChI=1S/C22H25F3N4O4/c1-2-29-16-13-28(8-7-17(30)27-9-11-33-12-10-27)20(31)18(16)19(26-21(29)32)14-3-5-15(6-4-14)22(23,24)25/h3-6,19H,2,7-13H2,1H3,(H,26,32)/t19-/m0/s1. The van der Waals surface area contributed by atoms with Crippen LogP contribution in [0, 0.1) is 0 Å². The van der Waals surface area contributed by atoms with Crippen LogP contribution in [0.5, 0.6) is 0 Å². The Morgan fingerprint density at radius 2 is 1.82 bits per heavy atom. The van der Waals surface area contributed by atoms with Gasteiger partial charge < -0.3 is 19.9 Å². The Morgan fingerprint density at radius 1 is 1.15 bits per heavy atom. The maximum absolute atomic E-state index is 13.3. The van der Waals surface area contributed by atoms with Gasteiger partial charge in [0.05, 0.1) is 42.6 Å². The maximum atomic E-state index is 13.3. The zero-order chi connectivity index (χ0) is 23.8. The first kappa shape index (κ1) is 23.1. The summed E-state index contributed by atoms with van der Waals surface area (Å²) >= 11 is 0. The van der Waals surface area contributed by atoms with Crippen molar-refractivity contribution in [3.8, 4) is 0 Å². The molecule has 33 heavy (non-hydrogen) atoms. The Morgan fingerprint density at radius 3 is 2.42 bits per heavy atom. The largest absolute Gasteiger partial charge is 0.416 e. The smallest absolute Gasteiger partial charge is 0.378 e. The SMILES string of the molecule is CCN1C(=O)N[C@@H](c2ccc(C(F)(F)F)cc2)C2=C1CN(CCC(=O)N1CCOCC1)C2=O. The summed E-state index contributed by atoms with van der Waals surface area (Å²) in [6, 6.07) is 3.15. The average Bonchev–Trinajstić information content (AvgIpc) is 3.13. The molecule has 3 aliphatic rings. The molecule has 11 heteroatoms. The molecule has 1 N–H and O–H groups in total. The Labute approximate surface area is 188 Å². The van der Waals surface area contributed by atoms with Gasteiger partial charge in [-0.1, -0.05) is 12.1 Å². The van der Waals surface area contributed by atoms with Crippen molar-refractivity contribution in [3.63, 3.8) is 0 Å². The summed E-state index contributed by atoms with van der Waals surface area (Å²) in [5.41, 5.74) is 0.433. The number of amides is 4. The molecule has 4 rings (SSSR count). The van der Waals surface area contributed by atoms with Crippen molar-refractivity contribution < 1.29 is 32.3 Å². The van der Waals surface area contributed by atoms with E-state index in [-0.39, 0.29) is 31.3 Å². The molecule has 0 aromatic heterocycles. The van der Waals surface area contributed by atoms with Gasteiger partial charge in [0.15, 0.2) is 0 Å². The quantitative estimate of drug-likeness (QED) is 0.721. The number of urea groups is 1. The molecule has 1 fully saturated rings. The Bertz CT molecular complexity index is 971. The van der Waals surface area contributed by atoms with Gasteiger partial charge in [-0.2, -0.15) is 13.2 Å². The van der Waals surface area contributed by atoms with Crippen molar-refractivity contribution in [2.45, 2.75) is 25.6 Å². The number of halogens is 3. The summed E-state index contributed by atoms with van der Waals surface area (Å²) in [4.78, 5) is 43.1. The van der Waals surface area contributed by atoms with Gasteiger partial charge in [-0.25, -0.2) is 4.79 Å². The number of nitrogens with one attached hydrogen (secondary N) is 1. The molecule has 3 aliphatic heterocycles. The van der Waals surface area contributed by atoms with E-state index in [1.165, 1.54) is 21.9 Å². The van der Waals surface area contributed by atoms with Gasteiger partial charge in [0.25, 0.3) is 5.91 Å². The summed E-state index contributed by atoms with van der Waals surface area (Å²) in [7, 11) is 0. The van der Waals surface area contributed by atoms with E-state index in [9.17, 15) is 27.6 Å². The highest BCUT2D eigenvalue weighted by atomic mass is 19.4. The molecule has 1 aromatic rings. The first-order valence-electron chi connectivity index (χ1n) is 10.8. The maximum Gasteiger partial charge on any atom is 0.416 e. The Kier molecular flexibility index (Phi) is 6.33. The van der Waals surface area contributed by atoms with Crippen LogP contribution in [-0.2, 0) is 20.5 Å². The van der Waals surface area contributed by atoms with E-state index in [0.717, 1.165) is 12.1 Å². The highest BCUT2D eigenvalue weighted by Crippen LogP contribution is 2.37. The summed E-state index contributed by atoms with van der Waals surface area (Å²) in [5, 5.41) is 2.74. The number of alkyl halides is 3. The first-order valence-corrected chi connectivity index (χ1v) is 10.8. The highest BCUT2D eigenvalue weighted by Gasteiger charge is 2.43. The highest BCUT2D eigenvalue weighted by molar-refractivity contribution is 6.01. The summed E-state index contributed by atoms with van der Waals surface area (Å²) in [6.07, 6.45) is -4.34. The first-order chi connectivity index (χ1) is 15.7. The number of likely N-dealkylation sites (N-methyl/N-ethyl adjacent to an activating group) is 1. The molecule has 0 aliphatic carbocycles. The summed E-state index contributed by atoms with van der Waals surface area (Å²) in [6.45, 7) is 4.46. The van der Waals surface area contributed by atoms with E-state index in [4.69, 9.17) is 4.74 Å². The van der Waals surface area contributed by atoms with Crippen LogP contribution in [-0.4, -0.2) is 78.5 Å². The summed E-state index contributed by atoms with van der Waals surface area (Å²) in [5.74, 6) is -0.403. The van der Waals surface area contributed by atoms with E-state index in [1.54, 1.807) is 11.8 Å². The van der Waals surface area contributed by atoms with Gasteiger partial charge >= 0.3 is 12.2 Å². The lowest BCUT2D eigenvalue weighted by Crippen LogP contribution is -2.47. The van der Waals surface area contributed by atoms with E-state index in [1.807, 2.05) is 0 Å². The van der Waals surface area contributed by atoms with Crippen molar-refractivity contribution >= 4 is 17.8 Å². The van der Waals surface area contributed by atoms with E-state index in [0.29, 0.717) is 49.7 Å². The third kappa shape index (κ3) is 4.54.